The molecule has 1 aliphatic rings. The maximum Gasteiger partial charge on any atom is 0.271 e. The Morgan fingerprint density at radius 2 is 1.83 bits per heavy atom. The minimum Gasteiger partial charge on any atom is -0.495 e. The molecular weight excluding hydrogens is 451 g/mol. The predicted molar refractivity (Wildman–Crippen MR) is 133 cm³/mol. The lowest BCUT2D eigenvalue weighted by Gasteiger charge is -2.45. The summed E-state index contributed by atoms with van der Waals surface area (Å²) in [5.41, 5.74) is 7.91. The summed E-state index contributed by atoms with van der Waals surface area (Å²) in [6.45, 7) is 8.54. The number of aromatic nitrogens is 2. The Hall–Kier alpha value is -3.95. The first kappa shape index (κ1) is 24.2. The van der Waals surface area contributed by atoms with Gasteiger partial charge in [0.15, 0.2) is 5.69 Å². The molecule has 2 heterocycles. The summed E-state index contributed by atoms with van der Waals surface area (Å²) >= 11 is 0. The summed E-state index contributed by atoms with van der Waals surface area (Å²) in [6.07, 6.45) is 0. The van der Waals surface area contributed by atoms with Gasteiger partial charge in [0.1, 0.15) is 11.6 Å². The van der Waals surface area contributed by atoms with Crippen molar-refractivity contribution in [1.82, 2.24) is 15.1 Å². The molecule has 2 aromatic carbocycles. The van der Waals surface area contributed by atoms with Crippen LogP contribution in [0.15, 0.2) is 30.3 Å². The van der Waals surface area contributed by atoms with Gasteiger partial charge in [-0.25, -0.2) is 4.39 Å². The van der Waals surface area contributed by atoms with Gasteiger partial charge in [-0.1, -0.05) is 6.07 Å². The maximum absolute atomic E-state index is 14.7. The molecule has 35 heavy (non-hydrogen) atoms. The average molecular weight is 481 g/mol. The van der Waals surface area contributed by atoms with E-state index in [0.29, 0.717) is 29.7 Å². The largest absolute Gasteiger partial charge is 0.495 e. The molecule has 1 aliphatic heterocycles. The molecule has 184 valence electrons. The average Bonchev–Trinajstić information content (AvgIpc) is 2.79. The van der Waals surface area contributed by atoms with Gasteiger partial charge >= 0.3 is 0 Å². The fourth-order valence-electron chi connectivity index (χ4n) is 4.83. The van der Waals surface area contributed by atoms with E-state index < -0.39 is 11.7 Å². The number of hydrogen-bond donors (Lipinski definition) is 2. The van der Waals surface area contributed by atoms with Gasteiger partial charge < -0.3 is 25.6 Å². The van der Waals surface area contributed by atoms with E-state index in [1.165, 1.54) is 6.07 Å². The lowest BCUT2D eigenvalue weighted by molar-refractivity contribution is -0.133. The van der Waals surface area contributed by atoms with E-state index in [4.69, 9.17) is 10.5 Å². The minimum atomic E-state index is -0.788. The molecule has 2 atom stereocenters. The number of carbonyl (C=O) groups excluding carboxylic acids is 2. The number of hydrogen-bond acceptors (Lipinski definition) is 7. The van der Waals surface area contributed by atoms with Crippen molar-refractivity contribution in [2.24, 2.45) is 5.73 Å². The number of halogens is 1. The summed E-state index contributed by atoms with van der Waals surface area (Å²) in [4.78, 5) is 28.3. The van der Waals surface area contributed by atoms with E-state index in [1.807, 2.05) is 24.8 Å². The smallest absolute Gasteiger partial charge is 0.271 e. The molecule has 4 rings (SSSR count). The van der Waals surface area contributed by atoms with Gasteiger partial charge in [0.2, 0.25) is 5.91 Å². The summed E-state index contributed by atoms with van der Waals surface area (Å²) in [5, 5.41) is 11.7. The molecule has 2 amide bonds. The number of primary amides is 1. The number of anilines is 3. The number of amides is 2. The first-order chi connectivity index (χ1) is 16.6. The van der Waals surface area contributed by atoms with Crippen molar-refractivity contribution in [2.75, 3.05) is 30.4 Å². The van der Waals surface area contributed by atoms with Crippen LogP contribution in [-0.4, -0.2) is 59.2 Å². The molecule has 3 N–H and O–H groups in total. The number of piperazine rings is 1. The zero-order chi connectivity index (χ0) is 25.4. The SMILES string of the molecule is COc1cc2nnc(C(N)=O)c(Nc3ccc(C)cc3F)c2cc1N1C[C@@H](C)N(C(C)=O)[C@@H](C)C1. The molecule has 3 aromatic rings. The number of carbonyl (C=O) groups is 2. The van der Waals surface area contributed by atoms with Gasteiger partial charge in [-0.3, -0.25) is 9.59 Å². The van der Waals surface area contributed by atoms with E-state index in [9.17, 15) is 14.0 Å². The second-order valence-electron chi connectivity index (χ2n) is 8.97. The summed E-state index contributed by atoms with van der Waals surface area (Å²) in [7, 11) is 1.56. The maximum atomic E-state index is 14.7. The van der Waals surface area contributed by atoms with Crippen molar-refractivity contribution in [2.45, 2.75) is 39.8 Å². The fraction of sp³-hybridized carbons (Fsp3) is 0.360. The Bertz CT molecular complexity index is 1300. The van der Waals surface area contributed by atoms with Crippen LogP contribution >= 0.6 is 0 Å². The van der Waals surface area contributed by atoms with Gasteiger partial charge in [0.25, 0.3) is 5.91 Å². The molecule has 1 fully saturated rings. The topological polar surface area (TPSA) is 114 Å². The fourth-order valence-corrected chi connectivity index (χ4v) is 4.83. The van der Waals surface area contributed by atoms with Crippen molar-refractivity contribution in [1.29, 1.82) is 0 Å². The number of benzene rings is 2. The van der Waals surface area contributed by atoms with Gasteiger partial charge in [0, 0.05) is 43.5 Å². The molecule has 0 saturated carbocycles. The van der Waals surface area contributed by atoms with Crippen LogP contribution in [0.1, 0.15) is 36.8 Å². The first-order valence-electron chi connectivity index (χ1n) is 11.4. The standard InChI is InChI=1S/C25H29FN6O3/c1-13-6-7-19(18(26)8-13)28-23-17-9-21(31-11-14(2)32(16(4)33)15(3)12-31)22(35-5)10-20(17)29-30-24(23)25(27)34/h6-10,14-15H,11-12H2,1-5H3,(H2,27,34)(H,28,29)/t14-,15+. The van der Waals surface area contributed by atoms with Crippen LogP contribution in [0, 0.1) is 12.7 Å². The van der Waals surface area contributed by atoms with E-state index >= 15 is 0 Å². The number of methoxy groups -OCH3 is 1. The van der Waals surface area contributed by atoms with Crippen LogP contribution in [-0.2, 0) is 4.79 Å². The Labute approximate surface area is 203 Å². The number of rotatable bonds is 5. The molecule has 0 aliphatic carbocycles. The Morgan fingerprint density at radius 3 is 2.40 bits per heavy atom. The molecule has 1 saturated heterocycles. The first-order valence-corrected chi connectivity index (χ1v) is 11.4. The van der Waals surface area contributed by atoms with Gasteiger partial charge in [-0.15, -0.1) is 10.2 Å². The molecule has 1 aromatic heterocycles. The van der Waals surface area contributed by atoms with E-state index in [-0.39, 0.29) is 35.1 Å². The van der Waals surface area contributed by atoms with Crippen molar-refractivity contribution >= 4 is 39.8 Å². The van der Waals surface area contributed by atoms with Gasteiger partial charge in [-0.05, 0) is 44.5 Å². The normalized spacial score (nSPS) is 18.0. The highest BCUT2D eigenvalue weighted by Crippen LogP contribution is 2.38. The molecule has 0 radical (unpaired) electrons. The number of nitrogens with two attached hydrogens (primary N) is 1. The van der Waals surface area contributed by atoms with Gasteiger partial charge in [0.05, 0.1) is 29.7 Å². The highest BCUT2D eigenvalue weighted by Gasteiger charge is 2.32. The lowest BCUT2D eigenvalue weighted by Crippen LogP contribution is -2.58. The molecule has 10 heteroatoms. The second kappa shape index (κ2) is 9.36. The minimum absolute atomic E-state index is 0.0207. The van der Waals surface area contributed by atoms with Crippen LogP contribution < -0.4 is 20.7 Å². The third-order valence-electron chi connectivity index (χ3n) is 6.30. The van der Waals surface area contributed by atoms with Gasteiger partial charge in [-0.2, -0.15) is 0 Å². The highest BCUT2D eigenvalue weighted by molar-refractivity contribution is 6.07. The molecule has 9 nitrogen and oxygen atoms in total. The summed E-state index contributed by atoms with van der Waals surface area (Å²) < 4.78 is 20.3. The van der Waals surface area contributed by atoms with Crippen LogP contribution in [0.4, 0.5) is 21.5 Å². The zero-order valence-electron chi connectivity index (χ0n) is 20.4. The number of nitrogens with zero attached hydrogens (tertiary/aromatic N) is 4. The van der Waals surface area contributed by atoms with Crippen molar-refractivity contribution < 1.29 is 18.7 Å². The molecule has 0 unspecified atom stereocenters. The zero-order valence-corrected chi connectivity index (χ0v) is 20.4. The summed E-state index contributed by atoms with van der Waals surface area (Å²) in [5.74, 6) is -0.656. The predicted octanol–water partition coefficient (Wildman–Crippen LogP) is 3.37. The van der Waals surface area contributed by atoms with Crippen molar-refractivity contribution in [3.63, 3.8) is 0 Å². The Kier molecular flexibility index (Phi) is 6.47. The van der Waals surface area contributed by atoms with Crippen molar-refractivity contribution in [3.8, 4) is 5.75 Å². The third kappa shape index (κ3) is 4.55. The number of aryl methyl sites for hydroxylation is 1. The Balaban J connectivity index is 1.86. The second-order valence-corrected chi connectivity index (χ2v) is 8.97. The number of ether oxygens (including phenoxy) is 1. The van der Waals surface area contributed by atoms with E-state index in [0.717, 1.165) is 11.3 Å². The quantitative estimate of drug-likeness (QED) is 0.576. The van der Waals surface area contributed by atoms with Crippen LogP contribution in [0.3, 0.4) is 0 Å². The number of fused-ring (bicyclic) bond motifs is 1. The highest BCUT2D eigenvalue weighted by atomic mass is 19.1. The van der Waals surface area contributed by atoms with E-state index in [1.54, 1.807) is 39.2 Å². The Morgan fingerprint density at radius 1 is 1.14 bits per heavy atom. The van der Waals surface area contributed by atoms with E-state index in [2.05, 4.69) is 20.4 Å². The van der Waals surface area contributed by atoms with Crippen molar-refractivity contribution in [3.05, 3.63) is 47.4 Å². The van der Waals surface area contributed by atoms with Crippen LogP contribution in [0.25, 0.3) is 10.9 Å². The molecular formula is C25H29FN6O3. The monoisotopic (exact) mass is 480 g/mol. The molecule has 0 spiro atoms. The molecule has 0 bridgehead atoms. The summed E-state index contributed by atoms with van der Waals surface area (Å²) in [6, 6.07) is 8.28. The third-order valence-corrected chi connectivity index (χ3v) is 6.30. The van der Waals surface area contributed by atoms with Crippen LogP contribution in [0.2, 0.25) is 0 Å². The number of nitrogens with one attached hydrogen (secondary N) is 1. The lowest BCUT2D eigenvalue weighted by atomic mass is 10.0. The van der Waals surface area contributed by atoms with Crippen LogP contribution in [0.5, 0.6) is 5.75 Å².